The largest absolute Gasteiger partial charge is 0.391 e. The van der Waals surface area contributed by atoms with Gasteiger partial charge in [-0.2, -0.15) is 0 Å². The second kappa shape index (κ2) is 7.61. The number of likely N-dealkylation sites (N-methyl/N-ethyl adjacent to an activating group) is 1. The van der Waals surface area contributed by atoms with E-state index >= 15 is 0 Å². The standard InChI is InChI=1S/C15H22ClN3O2/c1-19(14-8-7-11(16)9-17-14)10-15(21)18-12-5-3-2-4-6-13(12)20/h7-9,12-13,20H,2-6,10H2,1H3,(H,18,21). The van der Waals surface area contributed by atoms with E-state index < -0.39 is 6.10 Å². The maximum atomic E-state index is 12.1. The van der Waals surface area contributed by atoms with E-state index in [1.54, 1.807) is 30.3 Å². The molecule has 1 heterocycles. The Bertz CT molecular complexity index is 466. The highest BCUT2D eigenvalue weighted by atomic mass is 35.5. The molecule has 1 aliphatic carbocycles. The first-order valence-electron chi connectivity index (χ1n) is 7.36. The van der Waals surface area contributed by atoms with Crippen LogP contribution in [0.5, 0.6) is 0 Å². The number of aromatic nitrogens is 1. The van der Waals surface area contributed by atoms with Gasteiger partial charge in [0.2, 0.25) is 5.91 Å². The van der Waals surface area contributed by atoms with Crippen LogP contribution in [-0.2, 0) is 4.79 Å². The number of hydrogen-bond acceptors (Lipinski definition) is 4. The zero-order valence-corrected chi connectivity index (χ0v) is 13.0. The van der Waals surface area contributed by atoms with E-state index in [9.17, 15) is 9.90 Å². The second-order valence-electron chi connectivity index (χ2n) is 5.57. The zero-order chi connectivity index (χ0) is 15.2. The number of nitrogens with zero attached hydrogens (tertiary/aromatic N) is 2. The molecule has 1 amide bonds. The van der Waals surface area contributed by atoms with Crippen molar-refractivity contribution in [1.29, 1.82) is 0 Å². The van der Waals surface area contributed by atoms with E-state index in [2.05, 4.69) is 10.3 Å². The van der Waals surface area contributed by atoms with E-state index in [1.165, 1.54) is 0 Å². The smallest absolute Gasteiger partial charge is 0.239 e. The molecule has 2 atom stereocenters. The molecule has 6 heteroatoms. The van der Waals surface area contributed by atoms with Crippen molar-refractivity contribution in [3.05, 3.63) is 23.4 Å². The van der Waals surface area contributed by atoms with Crippen molar-refractivity contribution in [2.75, 3.05) is 18.5 Å². The number of aliphatic hydroxyl groups is 1. The first kappa shape index (κ1) is 16.0. The minimum atomic E-state index is -0.435. The van der Waals surface area contributed by atoms with Crippen molar-refractivity contribution >= 4 is 23.3 Å². The van der Waals surface area contributed by atoms with Gasteiger partial charge < -0.3 is 15.3 Å². The summed E-state index contributed by atoms with van der Waals surface area (Å²) in [5.41, 5.74) is 0. The number of halogens is 1. The van der Waals surface area contributed by atoms with Gasteiger partial charge in [-0.15, -0.1) is 0 Å². The molecule has 0 spiro atoms. The van der Waals surface area contributed by atoms with Crippen LogP contribution in [0.15, 0.2) is 18.3 Å². The quantitative estimate of drug-likeness (QED) is 0.835. The molecule has 1 aromatic rings. The number of aliphatic hydroxyl groups excluding tert-OH is 1. The van der Waals surface area contributed by atoms with Crippen LogP contribution < -0.4 is 10.2 Å². The second-order valence-corrected chi connectivity index (χ2v) is 6.01. The van der Waals surface area contributed by atoms with Crippen LogP contribution in [0.1, 0.15) is 32.1 Å². The van der Waals surface area contributed by atoms with Crippen LogP contribution in [-0.4, -0.2) is 41.7 Å². The number of nitrogens with one attached hydrogen (secondary N) is 1. The Morgan fingerprint density at radius 3 is 2.90 bits per heavy atom. The molecule has 2 N–H and O–H groups in total. The topological polar surface area (TPSA) is 65.5 Å². The van der Waals surface area contributed by atoms with Crippen molar-refractivity contribution in [2.45, 2.75) is 44.2 Å². The molecule has 0 aromatic carbocycles. The van der Waals surface area contributed by atoms with Gasteiger partial charge >= 0.3 is 0 Å². The third kappa shape index (κ3) is 4.86. The van der Waals surface area contributed by atoms with Gasteiger partial charge in [0.05, 0.1) is 23.7 Å². The van der Waals surface area contributed by atoms with Gasteiger partial charge in [0, 0.05) is 13.2 Å². The first-order valence-corrected chi connectivity index (χ1v) is 7.74. The number of carbonyl (C=O) groups is 1. The Morgan fingerprint density at radius 2 is 2.19 bits per heavy atom. The van der Waals surface area contributed by atoms with Gasteiger partial charge in [-0.3, -0.25) is 4.79 Å². The Labute approximate surface area is 130 Å². The van der Waals surface area contributed by atoms with Crippen molar-refractivity contribution < 1.29 is 9.90 Å². The SMILES string of the molecule is CN(CC(=O)NC1CCCCCC1O)c1ccc(Cl)cn1. The number of carbonyl (C=O) groups excluding carboxylic acids is 1. The van der Waals surface area contributed by atoms with Crippen LogP contribution in [0.3, 0.4) is 0 Å². The third-order valence-electron chi connectivity index (χ3n) is 3.81. The van der Waals surface area contributed by atoms with Gasteiger partial charge in [-0.1, -0.05) is 30.9 Å². The van der Waals surface area contributed by atoms with Crippen LogP contribution in [0.4, 0.5) is 5.82 Å². The normalized spacial score (nSPS) is 22.4. The maximum Gasteiger partial charge on any atom is 0.239 e. The number of pyridine rings is 1. The maximum absolute atomic E-state index is 12.1. The molecule has 2 rings (SSSR count). The highest BCUT2D eigenvalue weighted by Gasteiger charge is 2.23. The summed E-state index contributed by atoms with van der Waals surface area (Å²) in [6, 6.07) is 3.38. The number of hydrogen-bond donors (Lipinski definition) is 2. The average Bonchev–Trinajstić information content (AvgIpc) is 2.65. The monoisotopic (exact) mass is 311 g/mol. The van der Waals surface area contributed by atoms with E-state index in [0.717, 1.165) is 32.1 Å². The highest BCUT2D eigenvalue weighted by Crippen LogP contribution is 2.18. The lowest BCUT2D eigenvalue weighted by atomic mass is 10.1. The minimum Gasteiger partial charge on any atom is -0.391 e. The predicted octanol–water partition coefficient (Wildman–Crippen LogP) is 1.98. The summed E-state index contributed by atoms with van der Waals surface area (Å²) >= 11 is 5.79. The van der Waals surface area contributed by atoms with E-state index in [1.807, 2.05) is 0 Å². The van der Waals surface area contributed by atoms with Gasteiger partial charge in [0.15, 0.2) is 0 Å². The summed E-state index contributed by atoms with van der Waals surface area (Å²) in [5, 5.41) is 13.5. The number of anilines is 1. The molecule has 0 radical (unpaired) electrons. The zero-order valence-electron chi connectivity index (χ0n) is 12.3. The summed E-state index contributed by atoms with van der Waals surface area (Å²) < 4.78 is 0. The van der Waals surface area contributed by atoms with Crippen LogP contribution >= 0.6 is 11.6 Å². The van der Waals surface area contributed by atoms with Crippen molar-refractivity contribution in [3.63, 3.8) is 0 Å². The van der Waals surface area contributed by atoms with Crippen molar-refractivity contribution in [1.82, 2.24) is 10.3 Å². The molecular weight excluding hydrogens is 290 g/mol. The number of rotatable bonds is 4. The Kier molecular flexibility index (Phi) is 5.82. The summed E-state index contributed by atoms with van der Waals surface area (Å²) in [6.45, 7) is 0.206. The molecular formula is C15H22ClN3O2. The Balaban J connectivity index is 1.87. The van der Waals surface area contributed by atoms with Crippen LogP contribution in [0, 0.1) is 0 Å². The fourth-order valence-corrected chi connectivity index (χ4v) is 2.71. The van der Waals surface area contributed by atoms with Gasteiger partial charge in [0.1, 0.15) is 5.82 Å². The number of amides is 1. The fourth-order valence-electron chi connectivity index (χ4n) is 2.60. The summed E-state index contributed by atoms with van der Waals surface area (Å²) in [4.78, 5) is 18.0. The third-order valence-corrected chi connectivity index (χ3v) is 4.03. The Hall–Kier alpha value is -1.33. The lowest BCUT2D eigenvalue weighted by Crippen LogP contribution is -2.46. The summed E-state index contributed by atoms with van der Waals surface area (Å²) in [5.74, 6) is 0.594. The highest BCUT2D eigenvalue weighted by molar-refractivity contribution is 6.30. The predicted molar refractivity (Wildman–Crippen MR) is 83.5 cm³/mol. The molecule has 21 heavy (non-hydrogen) atoms. The molecule has 0 aliphatic heterocycles. The van der Waals surface area contributed by atoms with E-state index in [4.69, 9.17) is 11.6 Å². The average molecular weight is 312 g/mol. The minimum absolute atomic E-state index is 0.0970. The van der Waals surface area contributed by atoms with Crippen LogP contribution in [0.2, 0.25) is 5.02 Å². The first-order chi connectivity index (χ1) is 10.1. The molecule has 0 bridgehead atoms. The van der Waals surface area contributed by atoms with Gasteiger partial charge in [-0.25, -0.2) is 4.98 Å². The fraction of sp³-hybridized carbons (Fsp3) is 0.600. The van der Waals surface area contributed by atoms with Gasteiger partial charge in [-0.05, 0) is 25.0 Å². The van der Waals surface area contributed by atoms with Crippen molar-refractivity contribution in [3.8, 4) is 0 Å². The molecule has 1 fully saturated rings. The molecule has 5 nitrogen and oxygen atoms in total. The van der Waals surface area contributed by atoms with E-state index in [-0.39, 0.29) is 18.5 Å². The molecule has 1 aromatic heterocycles. The summed E-state index contributed by atoms with van der Waals surface area (Å²) in [7, 11) is 1.80. The molecule has 1 aliphatic rings. The summed E-state index contributed by atoms with van der Waals surface area (Å²) in [6.07, 6.45) is 5.93. The molecule has 0 saturated heterocycles. The van der Waals surface area contributed by atoms with Gasteiger partial charge in [0.25, 0.3) is 0 Å². The lowest BCUT2D eigenvalue weighted by molar-refractivity contribution is -0.121. The molecule has 1 saturated carbocycles. The van der Waals surface area contributed by atoms with Crippen LogP contribution in [0.25, 0.3) is 0 Å². The molecule has 116 valence electrons. The van der Waals surface area contributed by atoms with E-state index in [0.29, 0.717) is 10.8 Å². The molecule has 2 unspecified atom stereocenters. The Morgan fingerprint density at radius 1 is 1.43 bits per heavy atom. The lowest BCUT2D eigenvalue weighted by Gasteiger charge is -2.24. The van der Waals surface area contributed by atoms with Crippen molar-refractivity contribution in [2.24, 2.45) is 0 Å².